The minimum absolute atomic E-state index is 0.335. The van der Waals surface area contributed by atoms with E-state index in [1.54, 1.807) is 0 Å². The van der Waals surface area contributed by atoms with Gasteiger partial charge in [0.15, 0.2) is 0 Å². The maximum Gasteiger partial charge on any atom is 0.330 e. The third-order valence-corrected chi connectivity index (χ3v) is 3.41. The first-order chi connectivity index (χ1) is 9.11. The molecule has 0 amide bonds. The van der Waals surface area contributed by atoms with E-state index in [9.17, 15) is 4.79 Å². The van der Waals surface area contributed by atoms with Crippen LogP contribution in [0.5, 0.6) is 0 Å². The van der Waals surface area contributed by atoms with Crippen LogP contribution in [0.15, 0.2) is 12.2 Å². The van der Waals surface area contributed by atoms with Gasteiger partial charge < -0.3 is 10.0 Å². The van der Waals surface area contributed by atoms with Gasteiger partial charge in [0.2, 0.25) is 0 Å². The number of aliphatic carboxylic acids is 1. The Bertz CT molecular complexity index is 241. The summed E-state index contributed by atoms with van der Waals surface area (Å²) in [6.45, 7) is 11.3. The summed E-state index contributed by atoms with van der Waals surface area (Å²) in [5, 5.41) is 8.78. The average Bonchev–Trinajstić information content (AvgIpc) is 2.38. The van der Waals surface area contributed by atoms with E-state index < -0.39 is 5.97 Å². The molecule has 0 spiro atoms. The van der Waals surface area contributed by atoms with Crippen LogP contribution in [0.2, 0.25) is 0 Å². The summed E-state index contributed by atoms with van der Waals surface area (Å²) in [5.41, 5.74) is 0.335. The molecule has 112 valence electrons. The fourth-order valence-corrected chi connectivity index (χ4v) is 2.13. The standard InChI is InChI=1S/C16H31NO2/c1-4-6-8-12-17(13-9-7-5-2)14-10-11-15(3)16(18)19/h3-14H2,1-2H3,(H,18,19). The number of hydrogen-bond donors (Lipinski definition) is 1. The van der Waals surface area contributed by atoms with Crippen LogP contribution in [-0.2, 0) is 4.79 Å². The van der Waals surface area contributed by atoms with E-state index >= 15 is 0 Å². The van der Waals surface area contributed by atoms with Crippen LogP contribution in [-0.4, -0.2) is 35.6 Å². The molecule has 0 aromatic rings. The van der Waals surface area contributed by atoms with Crippen molar-refractivity contribution < 1.29 is 9.90 Å². The molecule has 1 N–H and O–H groups in total. The maximum absolute atomic E-state index is 10.7. The molecule has 0 aliphatic heterocycles. The van der Waals surface area contributed by atoms with E-state index in [0.29, 0.717) is 12.0 Å². The van der Waals surface area contributed by atoms with Crippen molar-refractivity contribution in [1.29, 1.82) is 0 Å². The third kappa shape index (κ3) is 10.8. The molecule has 0 radical (unpaired) electrons. The number of carboxylic acid groups (broad SMARTS) is 1. The smallest absolute Gasteiger partial charge is 0.330 e. The molecule has 0 aliphatic carbocycles. The second kappa shape index (κ2) is 12.2. The van der Waals surface area contributed by atoms with Crippen LogP contribution in [0.3, 0.4) is 0 Å². The zero-order chi connectivity index (χ0) is 14.5. The Balaban J connectivity index is 3.88. The van der Waals surface area contributed by atoms with Crippen molar-refractivity contribution in [3.63, 3.8) is 0 Å². The zero-order valence-corrected chi connectivity index (χ0v) is 12.8. The molecule has 0 aromatic heterocycles. The first kappa shape index (κ1) is 18.2. The van der Waals surface area contributed by atoms with Gasteiger partial charge in [-0.1, -0.05) is 46.1 Å². The predicted octanol–water partition coefficient (Wildman–Crippen LogP) is 4.09. The van der Waals surface area contributed by atoms with Crippen molar-refractivity contribution in [1.82, 2.24) is 4.90 Å². The Labute approximate surface area is 118 Å². The first-order valence-corrected chi connectivity index (χ1v) is 7.75. The van der Waals surface area contributed by atoms with Crippen molar-refractivity contribution in [2.24, 2.45) is 0 Å². The molecule has 0 saturated heterocycles. The maximum atomic E-state index is 10.7. The summed E-state index contributed by atoms with van der Waals surface area (Å²) in [7, 11) is 0. The van der Waals surface area contributed by atoms with Crippen LogP contribution >= 0.6 is 0 Å². The number of nitrogens with zero attached hydrogens (tertiary/aromatic N) is 1. The number of carboxylic acids is 1. The van der Waals surface area contributed by atoms with Gasteiger partial charge in [-0.05, 0) is 45.3 Å². The summed E-state index contributed by atoms with van der Waals surface area (Å²) in [6, 6.07) is 0. The topological polar surface area (TPSA) is 40.5 Å². The van der Waals surface area contributed by atoms with Gasteiger partial charge in [0.25, 0.3) is 0 Å². The van der Waals surface area contributed by atoms with E-state index in [1.807, 2.05) is 0 Å². The van der Waals surface area contributed by atoms with Gasteiger partial charge in [0, 0.05) is 5.57 Å². The van der Waals surface area contributed by atoms with E-state index in [2.05, 4.69) is 25.3 Å². The molecular formula is C16H31NO2. The molecule has 0 heterocycles. The normalized spacial score (nSPS) is 10.9. The van der Waals surface area contributed by atoms with Crippen LogP contribution in [0.4, 0.5) is 0 Å². The molecule has 0 aliphatic rings. The van der Waals surface area contributed by atoms with Gasteiger partial charge in [-0.3, -0.25) is 0 Å². The van der Waals surface area contributed by atoms with E-state index in [-0.39, 0.29) is 0 Å². The van der Waals surface area contributed by atoms with Crippen molar-refractivity contribution in [3.8, 4) is 0 Å². The summed E-state index contributed by atoms with van der Waals surface area (Å²) >= 11 is 0. The van der Waals surface area contributed by atoms with Crippen LogP contribution < -0.4 is 0 Å². The van der Waals surface area contributed by atoms with E-state index in [0.717, 1.165) is 26.1 Å². The lowest BCUT2D eigenvalue weighted by atomic mass is 10.1. The quantitative estimate of drug-likeness (QED) is 0.404. The molecule has 19 heavy (non-hydrogen) atoms. The Kier molecular flexibility index (Phi) is 11.7. The minimum atomic E-state index is -0.858. The first-order valence-electron chi connectivity index (χ1n) is 7.75. The minimum Gasteiger partial charge on any atom is -0.478 e. The SMILES string of the molecule is C=C(CCCN(CCCCC)CCCCC)C(=O)O. The average molecular weight is 269 g/mol. The van der Waals surface area contributed by atoms with Crippen LogP contribution in [0.1, 0.15) is 65.2 Å². The molecule has 3 heteroatoms. The second-order valence-electron chi connectivity index (χ2n) is 5.27. The fourth-order valence-electron chi connectivity index (χ4n) is 2.13. The van der Waals surface area contributed by atoms with Crippen molar-refractivity contribution in [3.05, 3.63) is 12.2 Å². The highest BCUT2D eigenvalue weighted by Crippen LogP contribution is 2.07. The number of unbranched alkanes of at least 4 members (excludes halogenated alkanes) is 4. The molecule has 3 nitrogen and oxygen atoms in total. The van der Waals surface area contributed by atoms with Crippen molar-refractivity contribution >= 4 is 5.97 Å². The monoisotopic (exact) mass is 269 g/mol. The third-order valence-electron chi connectivity index (χ3n) is 3.41. The highest BCUT2D eigenvalue weighted by Gasteiger charge is 2.07. The molecular weight excluding hydrogens is 238 g/mol. The van der Waals surface area contributed by atoms with Gasteiger partial charge in [0.1, 0.15) is 0 Å². The lowest BCUT2D eigenvalue weighted by Crippen LogP contribution is -2.27. The fraction of sp³-hybridized carbons (Fsp3) is 0.812. The molecule has 0 unspecified atom stereocenters. The van der Waals surface area contributed by atoms with Gasteiger partial charge in [0.05, 0.1) is 0 Å². The van der Waals surface area contributed by atoms with E-state index in [4.69, 9.17) is 5.11 Å². The lowest BCUT2D eigenvalue weighted by molar-refractivity contribution is -0.132. The van der Waals surface area contributed by atoms with Gasteiger partial charge in [-0.2, -0.15) is 0 Å². The highest BCUT2D eigenvalue weighted by atomic mass is 16.4. The van der Waals surface area contributed by atoms with Gasteiger partial charge in [-0.15, -0.1) is 0 Å². The summed E-state index contributed by atoms with van der Waals surface area (Å²) in [5.74, 6) is -0.858. The summed E-state index contributed by atoms with van der Waals surface area (Å²) < 4.78 is 0. The summed E-state index contributed by atoms with van der Waals surface area (Å²) in [4.78, 5) is 13.2. The molecule has 0 bridgehead atoms. The summed E-state index contributed by atoms with van der Waals surface area (Å²) in [6.07, 6.45) is 9.08. The van der Waals surface area contributed by atoms with Gasteiger partial charge in [-0.25, -0.2) is 4.79 Å². The Morgan fingerprint density at radius 3 is 1.84 bits per heavy atom. The molecule has 0 rings (SSSR count). The number of carbonyl (C=O) groups is 1. The van der Waals surface area contributed by atoms with E-state index in [1.165, 1.54) is 38.5 Å². The molecule has 0 atom stereocenters. The zero-order valence-electron chi connectivity index (χ0n) is 12.8. The molecule has 0 aromatic carbocycles. The predicted molar refractivity (Wildman–Crippen MR) is 81.5 cm³/mol. The van der Waals surface area contributed by atoms with Crippen LogP contribution in [0.25, 0.3) is 0 Å². The Morgan fingerprint density at radius 2 is 1.42 bits per heavy atom. The Hall–Kier alpha value is -0.830. The van der Waals surface area contributed by atoms with Gasteiger partial charge >= 0.3 is 5.97 Å². The van der Waals surface area contributed by atoms with Crippen LogP contribution in [0, 0.1) is 0 Å². The Morgan fingerprint density at radius 1 is 0.947 bits per heavy atom. The highest BCUT2D eigenvalue weighted by molar-refractivity contribution is 5.85. The van der Waals surface area contributed by atoms with Crippen molar-refractivity contribution in [2.45, 2.75) is 65.2 Å². The number of rotatable bonds is 13. The molecule has 0 saturated carbocycles. The number of hydrogen-bond acceptors (Lipinski definition) is 2. The lowest BCUT2D eigenvalue weighted by Gasteiger charge is -2.22. The second-order valence-corrected chi connectivity index (χ2v) is 5.27. The van der Waals surface area contributed by atoms with Crippen molar-refractivity contribution in [2.75, 3.05) is 19.6 Å². The molecule has 0 fully saturated rings. The largest absolute Gasteiger partial charge is 0.478 e.